The molecular weight excluding hydrogens is 274 g/mol. The Morgan fingerprint density at radius 1 is 1.52 bits per heavy atom. The number of hydrogen-bond donors (Lipinski definition) is 2. The monoisotopic (exact) mass is 289 g/mol. The smallest absolute Gasteiger partial charge is 0.349 e. The van der Waals surface area contributed by atoms with Crippen LogP contribution in [0.25, 0.3) is 0 Å². The third-order valence-electron chi connectivity index (χ3n) is 3.70. The summed E-state index contributed by atoms with van der Waals surface area (Å²) in [5.41, 5.74) is 0.0582. The number of nitrogens with zero attached hydrogens (tertiary/aromatic N) is 3. The van der Waals surface area contributed by atoms with Crippen molar-refractivity contribution in [1.82, 2.24) is 25.9 Å². The van der Waals surface area contributed by atoms with E-state index < -0.39 is 11.5 Å². The lowest BCUT2D eigenvalue weighted by atomic mass is 9.83. The molecule has 1 aliphatic carbocycles. The lowest BCUT2D eigenvalue weighted by Crippen LogP contribution is -2.30. The Labute approximate surface area is 119 Å². The first kappa shape index (κ1) is 13.5. The van der Waals surface area contributed by atoms with Gasteiger partial charge in [-0.2, -0.15) is 5.21 Å². The van der Waals surface area contributed by atoms with Crippen molar-refractivity contribution in [2.75, 3.05) is 0 Å². The van der Waals surface area contributed by atoms with Gasteiger partial charge in [-0.05, 0) is 31.4 Å². The maximum atomic E-state index is 12.1. The Morgan fingerprint density at radius 2 is 2.33 bits per heavy atom. The van der Waals surface area contributed by atoms with Crippen LogP contribution in [0.2, 0.25) is 0 Å². The summed E-state index contributed by atoms with van der Waals surface area (Å²) in [5.74, 6) is 0.842. The molecule has 1 aliphatic rings. The maximum Gasteiger partial charge on any atom is 0.349 e. The molecule has 2 aromatic rings. The van der Waals surface area contributed by atoms with E-state index in [1.165, 1.54) is 0 Å². The molecule has 0 atom stereocenters. The molecule has 1 amide bonds. The van der Waals surface area contributed by atoms with Crippen LogP contribution in [0.5, 0.6) is 0 Å². The van der Waals surface area contributed by atoms with E-state index >= 15 is 0 Å². The topological polar surface area (TPSA) is 114 Å². The summed E-state index contributed by atoms with van der Waals surface area (Å²) >= 11 is 0. The number of aromatic nitrogens is 4. The predicted octanol–water partition coefficient (Wildman–Crippen LogP) is 0.659. The summed E-state index contributed by atoms with van der Waals surface area (Å²) in [4.78, 5) is 24.1. The highest BCUT2D eigenvalue weighted by molar-refractivity contribution is 5.95. The van der Waals surface area contributed by atoms with Gasteiger partial charge in [0.2, 0.25) is 0 Å². The number of aromatic amines is 1. The highest BCUT2D eigenvalue weighted by atomic mass is 16.4. The fourth-order valence-electron chi connectivity index (χ4n) is 2.30. The van der Waals surface area contributed by atoms with E-state index in [1.54, 1.807) is 13.0 Å². The van der Waals surface area contributed by atoms with Crippen molar-refractivity contribution in [3.63, 3.8) is 0 Å². The summed E-state index contributed by atoms with van der Waals surface area (Å²) in [6, 6.07) is 1.79. The maximum absolute atomic E-state index is 12.1. The first-order valence-electron chi connectivity index (χ1n) is 6.80. The van der Waals surface area contributed by atoms with Crippen LogP contribution in [0.3, 0.4) is 0 Å². The van der Waals surface area contributed by atoms with Gasteiger partial charge in [-0.15, -0.1) is 10.2 Å². The Kier molecular flexibility index (Phi) is 3.51. The highest BCUT2D eigenvalue weighted by Crippen LogP contribution is 2.36. The molecule has 0 spiro atoms. The molecule has 0 bridgehead atoms. The third-order valence-corrected chi connectivity index (χ3v) is 3.70. The van der Waals surface area contributed by atoms with E-state index in [4.69, 9.17) is 4.42 Å². The predicted molar refractivity (Wildman–Crippen MR) is 71.7 cm³/mol. The normalized spacial score (nSPS) is 14.7. The van der Waals surface area contributed by atoms with Gasteiger partial charge < -0.3 is 9.73 Å². The van der Waals surface area contributed by atoms with Crippen molar-refractivity contribution in [2.45, 2.75) is 38.6 Å². The molecule has 0 unspecified atom stereocenters. The van der Waals surface area contributed by atoms with Crippen molar-refractivity contribution in [3.8, 4) is 0 Å². The first-order chi connectivity index (χ1) is 10.1. The van der Waals surface area contributed by atoms with Crippen LogP contribution >= 0.6 is 0 Å². The molecule has 0 aromatic carbocycles. The SMILES string of the molecule is Cc1cc(C2CCC2)oc(=O)c1C(=O)NCc1nn[nH]n1. The second-order valence-electron chi connectivity index (χ2n) is 5.13. The van der Waals surface area contributed by atoms with E-state index in [2.05, 4.69) is 25.9 Å². The zero-order chi connectivity index (χ0) is 14.8. The second-order valence-corrected chi connectivity index (χ2v) is 5.13. The quantitative estimate of drug-likeness (QED) is 0.854. The molecule has 0 radical (unpaired) electrons. The minimum absolute atomic E-state index is 0.0292. The number of aryl methyl sites for hydroxylation is 1. The molecule has 1 fully saturated rings. The van der Waals surface area contributed by atoms with E-state index in [-0.39, 0.29) is 12.1 Å². The van der Waals surface area contributed by atoms with Crippen molar-refractivity contribution < 1.29 is 9.21 Å². The summed E-state index contributed by atoms with van der Waals surface area (Å²) < 4.78 is 5.29. The fraction of sp³-hybridized carbons (Fsp3) is 0.462. The zero-order valence-electron chi connectivity index (χ0n) is 11.5. The van der Waals surface area contributed by atoms with Crippen molar-refractivity contribution in [2.24, 2.45) is 0 Å². The Morgan fingerprint density at radius 3 is 2.90 bits per heavy atom. The van der Waals surface area contributed by atoms with Crippen molar-refractivity contribution in [3.05, 3.63) is 39.2 Å². The molecule has 0 saturated heterocycles. The van der Waals surface area contributed by atoms with Crippen LogP contribution in [0.1, 0.15) is 52.7 Å². The van der Waals surface area contributed by atoms with Crippen LogP contribution in [0.15, 0.2) is 15.3 Å². The molecular formula is C13H15N5O3. The molecule has 0 aliphatic heterocycles. The van der Waals surface area contributed by atoms with Gasteiger partial charge >= 0.3 is 5.63 Å². The van der Waals surface area contributed by atoms with E-state index in [0.29, 0.717) is 23.1 Å². The molecule has 21 heavy (non-hydrogen) atoms. The first-order valence-corrected chi connectivity index (χ1v) is 6.80. The molecule has 8 heteroatoms. The Bertz CT molecular complexity index is 703. The van der Waals surface area contributed by atoms with E-state index in [9.17, 15) is 9.59 Å². The standard InChI is InChI=1S/C13H15N5O3/c1-7-5-9(8-3-2-4-8)21-13(20)11(7)12(19)14-6-10-15-17-18-16-10/h5,8H,2-4,6H2,1H3,(H,14,19)(H,15,16,17,18). The average molecular weight is 289 g/mol. The minimum Gasteiger partial charge on any atom is -0.427 e. The fourth-order valence-corrected chi connectivity index (χ4v) is 2.30. The minimum atomic E-state index is -0.595. The summed E-state index contributed by atoms with van der Waals surface area (Å²) in [5, 5.41) is 15.7. The third kappa shape index (κ3) is 2.69. The van der Waals surface area contributed by atoms with Crippen molar-refractivity contribution >= 4 is 5.91 Å². The molecule has 8 nitrogen and oxygen atoms in total. The lowest BCUT2D eigenvalue weighted by Gasteiger charge is -2.24. The Balaban J connectivity index is 1.77. The number of nitrogens with one attached hydrogen (secondary N) is 2. The molecule has 2 N–H and O–H groups in total. The van der Waals surface area contributed by atoms with Gasteiger partial charge in [0, 0.05) is 5.92 Å². The van der Waals surface area contributed by atoms with Gasteiger partial charge in [0.15, 0.2) is 5.82 Å². The summed E-state index contributed by atoms with van der Waals surface area (Å²) in [6.45, 7) is 1.83. The van der Waals surface area contributed by atoms with E-state index in [0.717, 1.165) is 19.3 Å². The van der Waals surface area contributed by atoms with E-state index in [1.807, 2.05) is 0 Å². The highest BCUT2D eigenvalue weighted by Gasteiger charge is 2.25. The molecule has 110 valence electrons. The zero-order valence-corrected chi connectivity index (χ0v) is 11.5. The van der Waals surface area contributed by atoms with Gasteiger partial charge in [0.05, 0.1) is 6.54 Å². The number of amides is 1. The number of carbonyl (C=O) groups is 1. The largest absolute Gasteiger partial charge is 0.427 e. The van der Waals surface area contributed by atoms with Crippen LogP contribution in [-0.4, -0.2) is 26.5 Å². The van der Waals surface area contributed by atoms with Gasteiger partial charge in [-0.1, -0.05) is 11.6 Å². The average Bonchev–Trinajstić information content (AvgIpc) is 2.86. The van der Waals surface area contributed by atoms with Crippen molar-refractivity contribution in [1.29, 1.82) is 0 Å². The molecule has 2 heterocycles. The van der Waals surface area contributed by atoms with Crippen LogP contribution in [0.4, 0.5) is 0 Å². The number of rotatable bonds is 4. The van der Waals surface area contributed by atoms with Crippen LogP contribution < -0.4 is 10.9 Å². The number of hydrogen-bond acceptors (Lipinski definition) is 6. The van der Waals surface area contributed by atoms with Gasteiger partial charge in [-0.25, -0.2) is 4.79 Å². The molecule has 3 rings (SSSR count). The number of H-pyrrole nitrogens is 1. The summed E-state index contributed by atoms with van der Waals surface area (Å²) in [6.07, 6.45) is 3.22. The molecule has 1 saturated carbocycles. The molecule has 2 aromatic heterocycles. The Hall–Kier alpha value is -2.51. The number of tetrazole rings is 1. The second kappa shape index (κ2) is 5.47. The van der Waals surface area contributed by atoms with Gasteiger partial charge in [0.1, 0.15) is 11.3 Å². The van der Waals surface area contributed by atoms with Gasteiger partial charge in [-0.3, -0.25) is 4.79 Å². The lowest BCUT2D eigenvalue weighted by molar-refractivity contribution is 0.0944. The number of carbonyl (C=O) groups excluding carboxylic acids is 1. The van der Waals surface area contributed by atoms with Crippen LogP contribution in [0, 0.1) is 6.92 Å². The summed E-state index contributed by atoms with van der Waals surface area (Å²) in [7, 11) is 0. The van der Waals surface area contributed by atoms with Gasteiger partial charge in [0.25, 0.3) is 5.91 Å². The van der Waals surface area contributed by atoms with Crippen LogP contribution in [-0.2, 0) is 6.54 Å².